The Morgan fingerprint density at radius 1 is 1.27 bits per heavy atom. The minimum absolute atomic E-state index is 0. The van der Waals surface area contributed by atoms with Crippen LogP contribution in [0.5, 0.6) is 0 Å². The van der Waals surface area contributed by atoms with Crippen LogP contribution in [0.15, 0.2) is 0 Å². The van der Waals surface area contributed by atoms with Crippen molar-refractivity contribution in [1.82, 2.24) is 10.2 Å². The molecular formula is C15H29ClN2O3S. The largest absolute Gasteiger partial charge is 0.343 e. The average Bonchev–Trinajstić information content (AvgIpc) is 3.13. The van der Waals surface area contributed by atoms with Gasteiger partial charge in [0.05, 0.1) is 5.75 Å². The van der Waals surface area contributed by atoms with E-state index in [1.54, 1.807) is 0 Å². The quantitative estimate of drug-likeness (QED) is 0.753. The Morgan fingerprint density at radius 3 is 2.32 bits per heavy atom. The van der Waals surface area contributed by atoms with Crippen molar-refractivity contribution in [3.63, 3.8) is 0 Å². The summed E-state index contributed by atoms with van der Waals surface area (Å²) in [4.78, 5) is 14.3. The molecule has 2 fully saturated rings. The summed E-state index contributed by atoms with van der Waals surface area (Å²) >= 11 is 0. The smallest absolute Gasteiger partial charge is 0.223 e. The van der Waals surface area contributed by atoms with E-state index >= 15 is 0 Å². The number of amides is 1. The summed E-state index contributed by atoms with van der Waals surface area (Å²) in [5.74, 6) is 1.04. The number of nitrogens with one attached hydrogen (secondary N) is 1. The molecule has 0 atom stereocenters. The van der Waals surface area contributed by atoms with Gasteiger partial charge in [0.25, 0.3) is 0 Å². The predicted molar refractivity (Wildman–Crippen MR) is 91.1 cm³/mol. The van der Waals surface area contributed by atoms with Gasteiger partial charge in [-0.25, -0.2) is 8.42 Å². The van der Waals surface area contributed by atoms with Crippen LogP contribution < -0.4 is 5.32 Å². The highest BCUT2D eigenvalue weighted by Crippen LogP contribution is 2.50. The zero-order valence-electron chi connectivity index (χ0n) is 13.6. The number of likely N-dealkylation sites (tertiary alicyclic amines) is 1. The molecular weight excluding hydrogens is 324 g/mol. The molecule has 1 saturated heterocycles. The number of nitrogens with zero attached hydrogens (tertiary/aromatic N) is 1. The van der Waals surface area contributed by atoms with E-state index < -0.39 is 9.84 Å². The van der Waals surface area contributed by atoms with E-state index in [2.05, 4.69) is 5.32 Å². The average molecular weight is 353 g/mol. The molecule has 0 aromatic rings. The molecule has 0 unspecified atom stereocenters. The molecule has 0 aromatic heterocycles. The Bertz CT molecular complexity index is 469. The van der Waals surface area contributed by atoms with Crippen molar-refractivity contribution in [1.29, 1.82) is 0 Å². The fourth-order valence-corrected chi connectivity index (χ4v) is 4.86. The van der Waals surface area contributed by atoms with E-state index in [0.717, 1.165) is 45.3 Å². The normalized spacial score (nSPS) is 21.3. The second kappa shape index (κ2) is 7.97. The zero-order chi connectivity index (χ0) is 15.5. The lowest BCUT2D eigenvalue weighted by molar-refractivity contribution is -0.133. The third-order valence-electron chi connectivity index (χ3n) is 4.82. The van der Waals surface area contributed by atoms with Gasteiger partial charge in [-0.15, -0.1) is 12.4 Å². The summed E-state index contributed by atoms with van der Waals surface area (Å²) in [5, 5.41) is 3.17. The van der Waals surface area contributed by atoms with Gasteiger partial charge >= 0.3 is 0 Å². The van der Waals surface area contributed by atoms with Gasteiger partial charge in [-0.1, -0.05) is 0 Å². The summed E-state index contributed by atoms with van der Waals surface area (Å²) in [7, 11) is -1.02. The van der Waals surface area contributed by atoms with Crippen LogP contribution in [-0.2, 0) is 14.6 Å². The van der Waals surface area contributed by atoms with E-state index in [9.17, 15) is 13.2 Å². The summed E-state index contributed by atoms with van der Waals surface area (Å²) in [6.45, 7) is 2.71. The number of hydrogen-bond acceptors (Lipinski definition) is 4. The highest BCUT2D eigenvalue weighted by Gasteiger charge is 2.47. The van der Waals surface area contributed by atoms with Gasteiger partial charge in [-0.2, -0.15) is 0 Å². The first-order valence-electron chi connectivity index (χ1n) is 7.94. The number of rotatable bonds is 7. The van der Waals surface area contributed by atoms with Crippen molar-refractivity contribution < 1.29 is 13.2 Å². The minimum atomic E-state index is -2.99. The van der Waals surface area contributed by atoms with E-state index in [-0.39, 0.29) is 29.5 Å². The third kappa shape index (κ3) is 6.05. The van der Waals surface area contributed by atoms with Crippen LogP contribution in [0.1, 0.15) is 38.5 Å². The molecule has 1 amide bonds. The molecule has 0 spiro atoms. The molecule has 0 aromatic carbocycles. The number of carbonyl (C=O) groups excluding carboxylic acids is 1. The summed E-state index contributed by atoms with van der Waals surface area (Å²) in [6.07, 6.45) is 6.77. The van der Waals surface area contributed by atoms with Crippen LogP contribution >= 0.6 is 12.4 Å². The molecule has 22 heavy (non-hydrogen) atoms. The first-order valence-corrected chi connectivity index (χ1v) is 10.00. The summed E-state index contributed by atoms with van der Waals surface area (Å²) < 4.78 is 22.9. The Kier molecular flexibility index (Phi) is 7.15. The van der Waals surface area contributed by atoms with Gasteiger partial charge in [0, 0.05) is 25.8 Å². The molecule has 1 heterocycles. The van der Waals surface area contributed by atoms with E-state index in [0.29, 0.717) is 12.3 Å². The van der Waals surface area contributed by atoms with E-state index in [1.807, 2.05) is 11.9 Å². The van der Waals surface area contributed by atoms with Gasteiger partial charge in [-0.05, 0) is 57.0 Å². The van der Waals surface area contributed by atoms with Crippen molar-refractivity contribution in [3.05, 3.63) is 0 Å². The molecule has 2 aliphatic rings. The molecule has 1 N–H and O–H groups in total. The van der Waals surface area contributed by atoms with Crippen LogP contribution in [0.25, 0.3) is 0 Å². The fraction of sp³-hybridized carbons (Fsp3) is 0.933. The van der Waals surface area contributed by atoms with Crippen molar-refractivity contribution in [2.24, 2.45) is 11.3 Å². The Balaban J connectivity index is 0.00000242. The fourth-order valence-electron chi connectivity index (χ4n) is 3.36. The predicted octanol–water partition coefficient (Wildman–Crippen LogP) is 1.47. The van der Waals surface area contributed by atoms with Crippen LogP contribution in [0, 0.1) is 11.3 Å². The van der Waals surface area contributed by atoms with Gasteiger partial charge in [0.2, 0.25) is 5.91 Å². The number of hydrogen-bond donors (Lipinski definition) is 1. The number of halogens is 1. The van der Waals surface area contributed by atoms with E-state index in [4.69, 9.17) is 0 Å². The molecule has 0 radical (unpaired) electrons. The second-order valence-electron chi connectivity index (χ2n) is 6.96. The van der Waals surface area contributed by atoms with Crippen molar-refractivity contribution in [2.75, 3.05) is 38.7 Å². The lowest BCUT2D eigenvalue weighted by Gasteiger charge is -2.33. The molecule has 7 heteroatoms. The summed E-state index contributed by atoms with van der Waals surface area (Å²) in [6, 6.07) is 0. The SMILES string of the molecule is CNCCC1CCN(C(=O)CC2(CS(C)(=O)=O)CC2)CC1.Cl. The zero-order valence-corrected chi connectivity index (χ0v) is 15.3. The Morgan fingerprint density at radius 2 is 1.86 bits per heavy atom. The van der Waals surface area contributed by atoms with Crippen LogP contribution in [0.4, 0.5) is 0 Å². The highest BCUT2D eigenvalue weighted by atomic mass is 35.5. The molecule has 5 nitrogen and oxygen atoms in total. The van der Waals surface area contributed by atoms with Crippen LogP contribution in [0.2, 0.25) is 0 Å². The summed E-state index contributed by atoms with van der Waals surface area (Å²) in [5.41, 5.74) is -0.242. The van der Waals surface area contributed by atoms with Gasteiger partial charge < -0.3 is 10.2 Å². The minimum Gasteiger partial charge on any atom is -0.343 e. The highest BCUT2D eigenvalue weighted by molar-refractivity contribution is 7.90. The molecule has 1 aliphatic carbocycles. The maximum Gasteiger partial charge on any atom is 0.223 e. The lowest BCUT2D eigenvalue weighted by Crippen LogP contribution is -2.40. The van der Waals surface area contributed by atoms with Gasteiger partial charge in [0.15, 0.2) is 0 Å². The Labute approximate surface area is 140 Å². The van der Waals surface area contributed by atoms with Crippen molar-refractivity contribution in [2.45, 2.75) is 38.5 Å². The molecule has 0 bridgehead atoms. The lowest BCUT2D eigenvalue weighted by atomic mass is 9.93. The first kappa shape index (κ1) is 19.7. The third-order valence-corrected chi connectivity index (χ3v) is 5.96. The molecule has 1 aliphatic heterocycles. The van der Waals surface area contributed by atoms with Gasteiger partial charge in [0.1, 0.15) is 9.84 Å². The topological polar surface area (TPSA) is 66.5 Å². The van der Waals surface area contributed by atoms with E-state index in [1.165, 1.54) is 12.7 Å². The second-order valence-corrected chi connectivity index (χ2v) is 9.10. The molecule has 130 valence electrons. The number of piperidine rings is 1. The van der Waals surface area contributed by atoms with Crippen molar-refractivity contribution >= 4 is 28.2 Å². The number of sulfone groups is 1. The maximum atomic E-state index is 12.4. The van der Waals surface area contributed by atoms with Gasteiger partial charge in [-0.3, -0.25) is 4.79 Å². The van der Waals surface area contributed by atoms with Crippen LogP contribution in [-0.4, -0.2) is 57.9 Å². The Hall–Kier alpha value is -0.330. The number of carbonyl (C=O) groups is 1. The molecule has 2 rings (SSSR count). The van der Waals surface area contributed by atoms with Crippen molar-refractivity contribution in [3.8, 4) is 0 Å². The maximum absolute atomic E-state index is 12.4. The molecule has 1 saturated carbocycles. The van der Waals surface area contributed by atoms with Crippen LogP contribution in [0.3, 0.4) is 0 Å². The first-order chi connectivity index (χ1) is 9.84. The monoisotopic (exact) mass is 352 g/mol. The standard InChI is InChI=1S/C15H28N2O3S.ClH/c1-16-8-3-13-4-9-17(10-5-13)14(18)11-15(6-7-15)12-21(2,19)20;/h13,16H,3-12H2,1-2H3;1H.